The number of carbonyl (C=O) groups excluding carboxylic acids is 1. The monoisotopic (exact) mass is 375 g/mol. The van der Waals surface area contributed by atoms with Crippen LogP contribution in [0.2, 0.25) is 0 Å². The predicted molar refractivity (Wildman–Crippen MR) is 108 cm³/mol. The third-order valence-corrected chi connectivity index (χ3v) is 5.39. The third-order valence-electron chi connectivity index (χ3n) is 5.39. The number of aryl methyl sites for hydroxylation is 1. The van der Waals surface area contributed by atoms with Crippen LogP contribution in [-0.2, 0) is 13.6 Å². The molecule has 6 heteroatoms. The van der Waals surface area contributed by atoms with Crippen LogP contribution in [0.1, 0.15) is 46.8 Å². The Kier molecular flexibility index (Phi) is 5.21. The van der Waals surface area contributed by atoms with Gasteiger partial charge in [-0.05, 0) is 43.1 Å². The Morgan fingerprint density at radius 3 is 2.61 bits per heavy atom. The van der Waals surface area contributed by atoms with Gasteiger partial charge in [-0.25, -0.2) is 0 Å². The number of hydrogen-bond acceptors (Lipinski definition) is 4. The highest BCUT2D eigenvalue weighted by molar-refractivity contribution is 5.93. The Balaban J connectivity index is 1.52. The fraction of sp³-hybridized carbons (Fsp3) is 0.318. The molecule has 0 radical (unpaired) electrons. The van der Waals surface area contributed by atoms with Crippen LogP contribution in [0.15, 0.2) is 55.0 Å². The Hall–Kier alpha value is -2.99. The Labute approximate surface area is 165 Å². The van der Waals surface area contributed by atoms with E-state index in [1.165, 1.54) is 24.0 Å². The molecule has 1 aliphatic rings. The first-order valence-electron chi connectivity index (χ1n) is 9.68. The van der Waals surface area contributed by atoms with E-state index in [0.29, 0.717) is 11.6 Å². The molecule has 1 fully saturated rings. The van der Waals surface area contributed by atoms with Crippen LogP contribution in [0.25, 0.3) is 11.3 Å². The van der Waals surface area contributed by atoms with Gasteiger partial charge in [-0.2, -0.15) is 5.10 Å². The molecule has 2 N–H and O–H groups in total. The summed E-state index contributed by atoms with van der Waals surface area (Å²) in [5.74, 6) is -0.416. The number of pyridine rings is 1. The van der Waals surface area contributed by atoms with Crippen molar-refractivity contribution < 1.29 is 4.79 Å². The van der Waals surface area contributed by atoms with Gasteiger partial charge in [-0.3, -0.25) is 19.4 Å². The van der Waals surface area contributed by atoms with Crippen LogP contribution in [0.5, 0.6) is 0 Å². The summed E-state index contributed by atoms with van der Waals surface area (Å²) in [6.07, 6.45) is 9.64. The van der Waals surface area contributed by atoms with Crippen LogP contribution >= 0.6 is 0 Å². The van der Waals surface area contributed by atoms with Crippen molar-refractivity contribution in [3.05, 3.63) is 71.7 Å². The van der Waals surface area contributed by atoms with Gasteiger partial charge in [0.1, 0.15) is 0 Å². The van der Waals surface area contributed by atoms with Crippen molar-refractivity contribution >= 4 is 5.91 Å². The molecular weight excluding hydrogens is 350 g/mol. The summed E-state index contributed by atoms with van der Waals surface area (Å²) in [6.45, 7) is 2.00. The van der Waals surface area contributed by atoms with Gasteiger partial charge in [-0.15, -0.1) is 0 Å². The molecular formula is C22H25N5O. The first kappa shape index (κ1) is 18.4. The zero-order chi connectivity index (χ0) is 19.5. The summed E-state index contributed by atoms with van der Waals surface area (Å²) < 4.78 is 1.86. The SMILES string of the molecule is Cn1cc(CN2CCCC[C@@H]2c2ccc(-c3ccc(C(N)=O)cc3)nc2)cn1. The lowest BCUT2D eigenvalue weighted by Gasteiger charge is -2.35. The summed E-state index contributed by atoms with van der Waals surface area (Å²) in [7, 11) is 1.95. The molecule has 28 heavy (non-hydrogen) atoms. The lowest BCUT2D eigenvalue weighted by molar-refractivity contribution is 0.100. The van der Waals surface area contributed by atoms with Crippen LogP contribution in [0, 0.1) is 0 Å². The molecule has 4 rings (SSSR count). The minimum Gasteiger partial charge on any atom is -0.366 e. The number of benzene rings is 1. The third kappa shape index (κ3) is 3.97. The molecule has 0 unspecified atom stereocenters. The summed E-state index contributed by atoms with van der Waals surface area (Å²) in [5.41, 5.74) is 10.2. The van der Waals surface area contributed by atoms with E-state index in [1.807, 2.05) is 36.3 Å². The molecule has 1 aliphatic heterocycles. The topological polar surface area (TPSA) is 77.0 Å². The van der Waals surface area contributed by atoms with Crippen molar-refractivity contribution in [1.29, 1.82) is 0 Å². The van der Waals surface area contributed by atoms with E-state index in [4.69, 9.17) is 5.73 Å². The second-order valence-electron chi connectivity index (χ2n) is 7.42. The number of rotatable bonds is 5. The van der Waals surface area contributed by atoms with Crippen molar-refractivity contribution in [1.82, 2.24) is 19.7 Å². The maximum Gasteiger partial charge on any atom is 0.248 e. The number of nitrogens with zero attached hydrogens (tertiary/aromatic N) is 4. The van der Waals surface area contributed by atoms with E-state index in [1.54, 1.807) is 12.1 Å². The summed E-state index contributed by atoms with van der Waals surface area (Å²) in [5, 5.41) is 4.29. The van der Waals surface area contributed by atoms with Crippen LogP contribution in [-0.4, -0.2) is 32.1 Å². The minimum atomic E-state index is -0.416. The van der Waals surface area contributed by atoms with Gasteiger partial charge in [-0.1, -0.05) is 24.6 Å². The molecule has 144 valence electrons. The Bertz CT molecular complexity index is 946. The van der Waals surface area contributed by atoms with Gasteiger partial charge < -0.3 is 5.73 Å². The second-order valence-corrected chi connectivity index (χ2v) is 7.42. The van der Waals surface area contributed by atoms with E-state index in [9.17, 15) is 4.79 Å². The maximum absolute atomic E-state index is 11.2. The smallest absolute Gasteiger partial charge is 0.248 e. The molecule has 1 aromatic carbocycles. The quantitative estimate of drug-likeness (QED) is 0.742. The molecule has 2 aromatic heterocycles. The number of hydrogen-bond donors (Lipinski definition) is 1. The Morgan fingerprint density at radius 2 is 1.96 bits per heavy atom. The minimum absolute atomic E-state index is 0.382. The predicted octanol–water partition coefficient (Wildman–Crippen LogP) is 3.31. The van der Waals surface area contributed by atoms with E-state index in [-0.39, 0.29) is 0 Å². The molecule has 6 nitrogen and oxygen atoms in total. The summed E-state index contributed by atoms with van der Waals surface area (Å²) in [6, 6.07) is 11.9. The molecule has 1 atom stereocenters. The van der Waals surface area contributed by atoms with Gasteiger partial charge in [0, 0.05) is 48.7 Å². The zero-order valence-electron chi connectivity index (χ0n) is 16.1. The highest BCUT2D eigenvalue weighted by atomic mass is 16.1. The summed E-state index contributed by atoms with van der Waals surface area (Å²) >= 11 is 0. The highest BCUT2D eigenvalue weighted by Crippen LogP contribution is 2.32. The number of aromatic nitrogens is 3. The fourth-order valence-corrected chi connectivity index (χ4v) is 3.92. The average Bonchev–Trinajstić information content (AvgIpc) is 3.13. The largest absolute Gasteiger partial charge is 0.366 e. The van der Waals surface area contributed by atoms with Crippen molar-refractivity contribution in [2.45, 2.75) is 31.8 Å². The van der Waals surface area contributed by atoms with E-state index in [0.717, 1.165) is 30.8 Å². The van der Waals surface area contributed by atoms with Crippen molar-refractivity contribution in [3.63, 3.8) is 0 Å². The molecule has 1 saturated heterocycles. The van der Waals surface area contributed by atoms with Crippen LogP contribution < -0.4 is 5.73 Å². The molecule has 0 saturated carbocycles. The number of primary amides is 1. The van der Waals surface area contributed by atoms with Gasteiger partial charge >= 0.3 is 0 Å². The van der Waals surface area contributed by atoms with Crippen molar-refractivity contribution in [2.24, 2.45) is 12.8 Å². The summed E-state index contributed by atoms with van der Waals surface area (Å²) in [4.78, 5) is 18.4. The van der Waals surface area contributed by atoms with E-state index >= 15 is 0 Å². The van der Waals surface area contributed by atoms with Crippen molar-refractivity contribution in [2.75, 3.05) is 6.54 Å². The molecule has 1 amide bonds. The number of likely N-dealkylation sites (tertiary alicyclic amines) is 1. The molecule has 3 aromatic rings. The molecule has 0 spiro atoms. The first-order valence-corrected chi connectivity index (χ1v) is 9.68. The van der Waals surface area contributed by atoms with Gasteiger partial charge in [0.2, 0.25) is 5.91 Å². The number of nitrogens with two attached hydrogens (primary N) is 1. The molecule has 3 heterocycles. The molecule has 0 bridgehead atoms. The maximum atomic E-state index is 11.2. The Morgan fingerprint density at radius 1 is 1.14 bits per heavy atom. The average molecular weight is 375 g/mol. The van der Waals surface area contributed by atoms with Crippen molar-refractivity contribution in [3.8, 4) is 11.3 Å². The van der Waals surface area contributed by atoms with Gasteiger partial charge in [0.25, 0.3) is 0 Å². The fourth-order valence-electron chi connectivity index (χ4n) is 3.92. The van der Waals surface area contributed by atoms with E-state index < -0.39 is 5.91 Å². The zero-order valence-corrected chi connectivity index (χ0v) is 16.1. The lowest BCUT2D eigenvalue weighted by Crippen LogP contribution is -2.32. The van der Waals surface area contributed by atoms with Crippen LogP contribution in [0.3, 0.4) is 0 Å². The van der Waals surface area contributed by atoms with E-state index in [2.05, 4.69) is 33.3 Å². The number of carbonyl (C=O) groups is 1. The standard InChI is InChI=1S/C22H25N5O/c1-26-14-16(12-25-26)15-27-11-3-2-4-21(27)19-9-10-20(24-13-19)17-5-7-18(8-6-17)22(23)28/h5-10,12-14,21H,2-4,11,15H2,1H3,(H2,23,28)/t21-/m1/s1. The normalized spacial score (nSPS) is 17.5. The lowest BCUT2D eigenvalue weighted by atomic mass is 9.95. The second kappa shape index (κ2) is 7.94. The number of piperidine rings is 1. The first-order chi connectivity index (χ1) is 13.6. The van der Waals surface area contributed by atoms with Gasteiger partial charge in [0.05, 0.1) is 11.9 Å². The highest BCUT2D eigenvalue weighted by Gasteiger charge is 2.24. The number of amides is 1. The molecule has 0 aliphatic carbocycles. The van der Waals surface area contributed by atoms with Gasteiger partial charge in [0.15, 0.2) is 0 Å². The van der Waals surface area contributed by atoms with Crippen LogP contribution in [0.4, 0.5) is 0 Å².